The number of rotatable bonds is 6. The number of guanidine groups is 1. The van der Waals surface area contributed by atoms with E-state index in [9.17, 15) is 4.79 Å². The molecular weight excluding hydrogens is 344 g/mol. The summed E-state index contributed by atoms with van der Waals surface area (Å²) in [6.07, 6.45) is 6.61. The van der Waals surface area contributed by atoms with Gasteiger partial charge in [-0.2, -0.15) is 5.10 Å². The molecule has 1 amide bonds. The van der Waals surface area contributed by atoms with E-state index in [0.29, 0.717) is 5.92 Å². The fraction of sp³-hybridized carbons (Fsp3) is 0.737. The number of nitrogens with zero attached hydrogens (tertiary/aromatic N) is 4. The van der Waals surface area contributed by atoms with E-state index in [1.807, 2.05) is 42.6 Å². The van der Waals surface area contributed by atoms with Gasteiger partial charge >= 0.3 is 6.09 Å². The second-order valence-corrected chi connectivity index (χ2v) is 7.94. The van der Waals surface area contributed by atoms with Gasteiger partial charge in [-0.1, -0.05) is 0 Å². The Morgan fingerprint density at radius 1 is 1.37 bits per heavy atom. The van der Waals surface area contributed by atoms with Crippen LogP contribution in [0.3, 0.4) is 0 Å². The number of aryl methyl sites for hydroxylation is 1. The van der Waals surface area contributed by atoms with Gasteiger partial charge in [0.1, 0.15) is 5.60 Å². The Balaban J connectivity index is 1.68. The van der Waals surface area contributed by atoms with Crippen LogP contribution in [-0.2, 0) is 11.3 Å². The lowest BCUT2D eigenvalue weighted by Gasteiger charge is -2.34. The van der Waals surface area contributed by atoms with Gasteiger partial charge in [-0.15, -0.1) is 0 Å². The van der Waals surface area contributed by atoms with E-state index in [-0.39, 0.29) is 6.09 Å². The molecule has 2 rings (SSSR count). The van der Waals surface area contributed by atoms with E-state index in [1.54, 1.807) is 13.2 Å². The van der Waals surface area contributed by atoms with Gasteiger partial charge in [0.25, 0.3) is 0 Å². The highest BCUT2D eigenvalue weighted by atomic mass is 16.6. The number of nitrogens with one attached hydrogen (secondary N) is 2. The first kappa shape index (κ1) is 21.1. The van der Waals surface area contributed by atoms with E-state index in [0.717, 1.165) is 57.9 Å². The van der Waals surface area contributed by atoms with Gasteiger partial charge in [-0.05, 0) is 52.0 Å². The predicted octanol–water partition coefficient (Wildman–Crippen LogP) is 2.09. The van der Waals surface area contributed by atoms with Crippen molar-refractivity contribution >= 4 is 12.1 Å². The van der Waals surface area contributed by atoms with Crippen molar-refractivity contribution in [1.29, 1.82) is 0 Å². The van der Waals surface area contributed by atoms with Crippen LogP contribution in [0.1, 0.15) is 40.0 Å². The van der Waals surface area contributed by atoms with Crippen LogP contribution in [0.15, 0.2) is 23.5 Å². The number of carbonyl (C=O) groups is 1. The number of hydrogen-bond donors (Lipinski definition) is 2. The lowest BCUT2D eigenvalue weighted by Crippen LogP contribution is -2.47. The SMILES string of the molecule is CN=C(NCCCn1cccn1)NCC1CCCN(C(=O)OC(C)(C)C)C1. The third-order valence-corrected chi connectivity index (χ3v) is 4.37. The predicted molar refractivity (Wildman–Crippen MR) is 107 cm³/mol. The average Bonchev–Trinajstić information content (AvgIpc) is 3.13. The smallest absolute Gasteiger partial charge is 0.410 e. The first-order chi connectivity index (χ1) is 12.9. The molecule has 0 bridgehead atoms. The monoisotopic (exact) mass is 378 g/mol. The number of aromatic nitrogens is 2. The van der Waals surface area contributed by atoms with Gasteiger partial charge in [-0.3, -0.25) is 9.67 Å². The Hall–Kier alpha value is -2.25. The topological polar surface area (TPSA) is 83.8 Å². The number of likely N-dealkylation sites (tertiary alicyclic amines) is 1. The lowest BCUT2D eigenvalue weighted by molar-refractivity contribution is 0.0168. The Labute approximate surface area is 162 Å². The minimum atomic E-state index is -0.454. The molecule has 1 aliphatic rings. The quantitative estimate of drug-likeness (QED) is 0.450. The number of amides is 1. The van der Waals surface area contributed by atoms with Crippen molar-refractivity contribution in [2.24, 2.45) is 10.9 Å². The normalized spacial score (nSPS) is 18.3. The van der Waals surface area contributed by atoms with Crippen LogP contribution in [0.5, 0.6) is 0 Å². The van der Waals surface area contributed by atoms with E-state index >= 15 is 0 Å². The molecule has 0 spiro atoms. The molecule has 0 aromatic carbocycles. The number of aliphatic imine (C=N–C) groups is 1. The number of carbonyl (C=O) groups excluding carboxylic acids is 1. The van der Waals surface area contributed by atoms with Crippen LogP contribution in [0.2, 0.25) is 0 Å². The summed E-state index contributed by atoms with van der Waals surface area (Å²) < 4.78 is 7.41. The number of ether oxygens (including phenoxy) is 1. The van der Waals surface area contributed by atoms with Crippen LogP contribution < -0.4 is 10.6 Å². The fourth-order valence-electron chi connectivity index (χ4n) is 3.07. The van der Waals surface area contributed by atoms with Crippen LogP contribution in [0.25, 0.3) is 0 Å². The average molecular weight is 379 g/mol. The van der Waals surface area contributed by atoms with Crippen LogP contribution in [-0.4, -0.2) is 65.6 Å². The largest absolute Gasteiger partial charge is 0.444 e. The van der Waals surface area contributed by atoms with E-state index in [2.05, 4.69) is 20.7 Å². The molecule has 0 aliphatic carbocycles. The molecular formula is C19H34N6O2. The Bertz CT molecular complexity index is 594. The molecule has 8 heteroatoms. The van der Waals surface area contributed by atoms with Gasteiger partial charge in [0.15, 0.2) is 5.96 Å². The summed E-state index contributed by atoms with van der Waals surface area (Å²) in [6.45, 7) is 9.68. The van der Waals surface area contributed by atoms with Crippen molar-refractivity contribution in [3.63, 3.8) is 0 Å². The highest BCUT2D eigenvalue weighted by molar-refractivity contribution is 5.79. The van der Waals surface area contributed by atoms with Crippen molar-refractivity contribution in [1.82, 2.24) is 25.3 Å². The first-order valence-electron chi connectivity index (χ1n) is 9.77. The van der Waals surface area contributed by atoms with E-state index in [1.165, 1.54) is 0 Å². The van der Waals surface area contributed by atoms with Gasteiger partial charge in [0.05, 0.1) is 0 Å². The Morgan fingerprint density at radius 2 is 2.19 bits per heavy atom. The Morgan fingerprint density at radius 3 is 2.85 bits per heavy atom. The Kier molecular flexibility index (Phi) is 7.94. The second kappa shape index (κ2) is 10.2. The molecule has 1 aromatic rings. The third-order valence-electron chi connectivity index (χ3n) is 4.37. The summed E-state index contributed by atoms with van der Waals surface area (Å²) in [5, 5.41) is 10.9. The first-order valence-corrected chi connectivity index (χ1v) is 9.77. The fourth-order valence-corrected chi connectivity index (χ4v) is 3.07. The minimum absolute atomic E-state index is 0.215. The molecule has 8 nitrogen and oxygen atoms in total. The highest BCUT2D eigenvalue weighted by Gasteiger charge is 2.27. The molecule has 0 radical (unpaired) electrons. The lowest BCUT2D eigenvalue weighted by atomic mass is 9.98. The standard InChI is InChI=1S/C19H34N6O2/c1-19(2,3)27-18(26)24-11-5-8-16(15-24)14-22-17(20-4)21-9-6-12-25-13-7-10-23-25/h7,10,13,16H,5-6,8-9,11-12,14-15H2,1-4H3,(H2,20,21,22). The molecule has 152 valence electrons. The molecule has 1 unspecified atom stereocenters. The summed E-state index contributed by atoms with van der Waals surface area (Å²) in [7, 11) is 1.77. The van der Waals surface area contributed by atoms with Crippen molar-refractivity contribution < 1.29 is 9.53 Å². The maximum Gasteiger partial charge on any atom is 0.410 e. The van der Waals surface area contributed by atoms with Crippen LogP contribution in [0, 0.1) is 5.92 Å². The van der Waals surface area contributed by atoms with Gasteiger partial charge in [0, 0.05) is 52.2 Å². The maximum atomic E-state index is 12.3. The van der Waals surface area contributed by atoms with E-state index in [4.69, 9.17) is 4.74 Å². The molecule has 1 saturated heterocycles. The molecule has 1 fully saturated rings. The van der Waals surface area contributed by atoms with Crippen molar-refractivity contribution in [2.45, 2.75) is 52.2 Å². The zero-order valence-electron chi connectivity index (χ0n) is 17.1. The van der Waals surface area contributed by atoms with Gasteiger partial charge < -0.3 is 20.3 Å². The molecule has 0 saturated carbocycles. The highest BCUT2D eigenvalue weighted by Crippen LogP contribution is 2.18. The molecule has 2 heterocycles. The van der Waals surface area contributed by atoms with E-state index < -0.39 is 5.60 Å². The number of hydrogen-bond acceptors (Lipinski definition) is 4. The summed E-state index contributed by atoms with van der Waals surface area (Å²) >= 11 is 0. The van der Waals surface area contributed by atoms with Crippen LogP contribution >= 0.6 is 0 Å². The molecule has 2 N–H and O–H groups in total. The van der Waals surface area contributed by atoms with Gasteiger partial charge in [-0.25, -0.2) is 4.79 Å². The zero-order chi connectivity index (χ0) is 19.7. The summed E-state index contributed by atoms with van der Waals surface area (Å²) in [5.74, 6) is 1.19. The second-order valence-electron chi connectivity index (χ2n) is 7.94. The number of piperidine rings is 1. The molecule has 1 aromatic heterocycles. The van der Waals surface area contributed by atoms with Crippen molar-refractivity contribution in [3.8, 4) is 0 Å². The molecule has 1 atom stereocenters. The summed E-state index contributed by atoms with van der Waals surface area (Å²) in [5.41, 5.74) is -0.454. The van der Waals surface area contributed by atoms with Crippen molar-refractivity contribution in [2.75, 3.05) is 33.2 Å². The maximum absolute atomic E-state index is 12.3. The minimum Gasteiger partial charge on any atom is -0.444 e. The summed E-state index contributed by atoms with van der Waals surface area (Å²) in [6, 6.07) is 1.93. The van der Waals surface area contributed by atoms with Crippen LogP contribution in [0.4, 0.5) is 4.79 Å². The third kappa shape index (κ3) is 7.88. The van der Waals surface area contributed by atoms with Crippen molar-refractivity contribution in [3.05, 3.63) is 18.5 Å². The summed E-state index contributed by atoms with van der Waals surface area (Å²) in [4.78, 5) is 18.4. The molecule has 27 heavy (non-hydrogen) atoms. The molecule has 1 aliphatic heterocycles. The zero-order valence-corrected chi connectivity index (χ0v) is 17.1. The van der Waals surface area contributed by atoms with Gasteiger partial charge in [0.2, 0.25) is 0 Å².